The number of rotatable bonds is 3. The predicted molar refractivity (Wildman–Crippen MR) is 98.8 cm³/mol. The number of benzene rings is 1. The van der Waals surface area contributed by atoms with Gasteiger partial charge in [0, 0.05) is 11.4 Å². The smallest absolute Gasteiger partial charge is 0.274 e. The summed E-state index contributed by atoms with van der Waals surface area (Å²) in [5.41, 5.74) is 8.95. The largest absolute Gasteiger partial charge is 0.481 e. The highest BCUT2D eigenvalue weighted by Crippen LogP contribution is 2.24. The second-order valence-corrected chi connectivity index (χ2v) is 6.03. The Bertz CT molecular complexity index is 918. The third kappa shape index (κ3) is 3.61. The summed E-state index contributed by atoms with van der Waals surface area (Å²) in [7, 11) is 1.37. The van der Waals surface area contributed by atoms with Gasteiger partial charge in [-0.15, -0.1) is 0 Å². The first-order valence-corrected chi connectivity index (χ1v) is 8.00. The number of anilines is 2. The van der Waals surface area contributed by atoms with E-state index in [0.717, 1.165) is 0 Å². The van der Waals surface area contributed by atoms with Crippen molar-refractivity contribution in [2.75, 3.05) is 18.2 Å². The van der Waals surface area contributed by atoms with Crippen LogP contribution in [-0.2, 0) is 4.74 Å². The van der Waals surface area contributed by atoms with Crippen LogP contribution in [-0.4, -0.2) is 23.9 Å². The first-order chi connectivity index (χ1) is 11.8. The molecule has 128 valence electrons. The lowest BCUT2D eigenvalue weighted by Gasteiger charge is -2.13. The molecular weight excluding hydrogens is 386 g/mol. The van der Waals surface area contributed by atoms with Crippen molar-refractivity contribution in [3.63, 3.8) is 0 Å². The molecule has 8 heteroatoms. The Hall–Kier alpha value is -2.92. The molecular formula is C17H16BrN5O2. The molecule has 0 fully saturated rings. The van der Waals surface area contributed by atoms with E-state index in [-0.39, 0.29) is 11.6 Å². The van der Waals surface area contributed by atoms with Crippen LogP contribution in [0.3, 0.4) is 0 Å². The Morgan fingerprint density at radius 3 is 2.68 bits per heavy atom. The average molecular weight is 402 g/mol. The number of carbonyl (C=O) groups is 1. The summed E-state index contributed by atoms with van der Waals surface area (Å²) in [6, 6.07) is 6.82. The van der Waals surface area contributed by atoms with Crippen molar-refractivity contribution in [3.8, 4) is 6.07 Å². The summed E-state index contributed by atoms with van der Waals surface area (Å²) in [4.78, 5) is 16.8. The summed E-state index contributed by atoms with van der Waals surface area (Å²) < 4.78 is 5.20. The molecule has 1 aromatic carbocycles. The van der Waals surface area contributed by atoms with Crippen molar-refractivity contribution >= 4 is 39.1 Å². The molecule has 7 nitrogen and oxygen atoms in total. The van der Waals surface area contributed by atoms with Crippen LogP contribution in [0.25, 0.3) is 0 Å². The van der Waals surface area contributed by atoms with Crippen LogP contribution in [0.4, 0.5) is 11.4 Å². The molecule has 2 aromatic rings. The predicted octanol–water partition coefficient (Wildman–Crippen LogP) is 3.14. The second-order valence-electron chi connectivity index (χ2n) is 5.28. The Kier molecular flexibility index (Phi) is 5.39. The Balaban J connectivity index is 2.39. The normalized spacial score (nSPS) is 10.0. The van der Waals surface area contributed by atoms with Crippen LogP contribution < -0.4 is 11.1 Å². The summed E-state index contributed by atoms with van der Waals surface area (Å²) in [6.07, 6.45) is 0. The topological polar surface area (TPSA) is 125 Å². The van der Waals surface area contributed by atoms with E-state index in [1.54, 1.807) is 32.0 Å². The van der Waals surface area contributed by atoms with Crippen molar-refractivity contribution in [1.29, 1.82) is 10.7 Å². The van der Waals surface area contributed by atoms with Gasteiger partial charge in [0.05, 0.1) is 18.2 Å². The monoisotopic (exact) mass is 401 g/mol. The fraction of sp³-hybridized carbons (Fsp3) is 0.176. The van der Waals surface area contributed by atoms with Crippen LogP contribution in [0.1, 0.15) is 32.7 Å². The number of halogens is 1. The molecule has 4 N–H and O–H groups in total. The molecule has 0 aliphatic carbocycles. The van der Waals surface area contributed by atoms with Crippen molar-refractivity contribution in [2.24, 2.45) is 0 Å². The van der Waals surface area contributed by atoms with Gasteiger partial charge in [0.15, 0.2) is 0 Å². The van der Waals surface area contributed by atoms with E-state index in [2.05, 4.69) is 32.3 Å². The molecule has 0 bridgehead atoms. The van der Waals surface area contributed by atoms with Crippen LogP contribution in [0.5, 0.6) is 0 Å². The molecule has 1 aromatic heterocycles. The lowest BCUT2D eigenvalue weighted by atomic mass is 10.0. The second kappa shape index (κ2) is 7.32. The molecule has 2 rings (SSSR count). The van der Waals surface area contributed by atoms with E-state index in [9.17, 15) is 4.79 Å². The fourth-order valence-corrected chi connectivity index (χ4v) is 2.80. The van der Waals surface area contributed by atoms with E-state index in [1.807, 2.05) is 0 Å². The van der Waals surface area contributed by atoms with E-state index >= 15 is 0 Å². The van der Waals surface area contributed by atoms with Gasteiger partial charge >= 0.3 is 0 Å². The number of hydrogen-bond donors (Lipinski definition) is 3. The number of ether oxygens (including phenoxy) is 1. The number of carbonyl (C=O) groups excluding carboxylic acids is 1. The molecule has 0 unspecified atom stereocenters. The van der Waals surface area contributed by atoms with Gasteiger partial charge in [-0.05, 0) is 59.1 Å². The molecule has 0 atom stereocenters. The molecule has 1 amide bonds. The standard InChI is InChI=1S/C17H16BrN5O2/c1-8-9(2)14(23-15(18)12(8)7-19)17(24)22-10-4-5-13(20)11(6-10)16(21)25-3/h4-6,21H,20H2,1-3H3,(H,22,24). The minimum atomic E-state index is -0.426. The van der Waals surface area contributed by atoms with Gasteiger partial charge in [0.1, 0.15) is 16.4 Å². The van der Waals surface area contributed by atoms with Crippen molar-refractivity contribution < 1.29 is 9.53 Å². The zero-order valence-corrected chi connectivity index (χ0v) is 15.5. The average Bonchev–Trinajstić information content (AvgIpc) is 2.59. The van der Waals surface area contributed by atoms with E-state index in [4.69, 9.17) is 21.1 Å². The number of methoxy groups -OCH3 is 1. The number of aromatic nitrogens is 1. The minimum Gasteiger partial charge on any atom is -0.481 e. The van der Waals surface area contributed by atoms with Crippen molar-refractivity contribution in [2.45, 2.75) is 13.8 Å². The van der Waals surface area contributed by atoms with Gasteiger partial charge in [0.2, 0.25) is 5.90 Å². The number of nitrogens with one attached hydrogen (secondary N) is 2. The minimum absolute atomic E-state index is 0.0973. The molecule has 0 radical (unpaired) electrons. The number of nitrogen functional groups attached to an aromatic ring is 1. The van der Waals surface area contributed by atoms with Crippen LogP contribution in [0.15, 0.2) is 22.8 Å². The highest BCUT2D eigenvalue weighted by Gasteiger charge is 2.18. The first-order valence-electron chi connectivity index (χ1n) is 7.20. The third-order valence-electron chi connectivity index (χ3n) is 3.80. The van der Waals surface area contributed by atoms with Crippen LogP contribution in [0.2, 0.25) is 0 Å². The zero-order valence-electron chi connectivity index (χ0n) is 13.9. The van der Waals surface area contributed by atoms with Gasteiger partial charge < -0.3 is 15.8 Å². The molecule has 1 heterocycles. The Morgan fingerprint density at radius 2 is 2.08 bits per heavy atom. The molecule has 0 aliphatic rings. The highest BCUT2D eigenvalue weighted by atomic mass is 79.9. The molecule has 0 aliphatic heterocycles. The van der Waals surface area contributed by atoms with Gasteiger partial charge in [-0.2, -0.15) is 5.26 Å². The lowest BCUT2D eigenvalue weighted by molar-refractivity contribution is 0.102. The van der Waals surface area contributed by atoms with Crippen LogP contribution in [0, 0.1) is 30.6 Å². The fourth-order valence-electron chi connectivity index (χ4n) is 2.24. The molecule has 0 saturated carbocycles. The number of nitrogens with two attached hydrogens (primary N) is 1. The number of amides is 1. The van der Waals surface area contributed by atoms with E-state index in [1.165, 1.54) is 7.11 Å². The summed E-state index contributed by atoms with van der Waals surface area (Å²) in [5.74, 6) is -0.523. The number of pyridine rings is 1. The maximum Gasteiger partial charge on any atom is 0.274 e. The SMILES string of the molecule is COC(=N)c1cc(NC(=O)c2nc(Br)c(C#N)c(C)c2C)ccc1N. The van der Waals surface area contributed by atoms with Crippen molar-refractivity contribution in [3.05, 3.63) is 50.8 Å². The zero-order chi connectivity index (χ0) is 18.7. The van der Waals surface area contributed by atoms with E-state index in [0.29, 0.717) is 38.2 Å². The molecule has 0 spiro atoms. The van der Waals surface area contributed by atoms with Gasteiger partial charge in [-0.25, -0.2) is 4.98 Å². The molecule has 25 heavy (non-hydrogen) atoms. The summed E-state index contributed by atoms with van der Waals surface area (Å²) >= 11 is 3.22. The van der Waals surface area contributed by atoms with Crippen LogP contribution >= 0.6 is 15.9 Å². The maximum atomic E-state index is 12.6. The van der Waals surface area contributed by atoms with E-state index < -0.39 is 5.91 Å². The summed E-state index contributed by atoms with van der Waals surface area (Å²) in [5, 5.41) is 19.6. The lowest BCUT2D eigenvalue weighted by Crippen LogP contribution is -2.17. The first kappa shape index (κ1) is 18.4. The third-order valence-corrected chi connectivity index (χ3v) is 4.37. The summed E-state index contributed by atoms with van der Waals surface area (Å²) in [6.45, 7) is 3.50. The number of nitriles is 1. The number of nitrogens with zero attached hydrogens (tertiary/aromatic N) is 2. The van der Waals surface area contributed by atoms with Gasteiger partial charge in [-0.3, -0.25) is 10.2 Å². The quantitative estimate of drug-likeness (QED) is 0.315. The highest BCUT2D eigenvalue weighted by molar-refractivity contribution is 9.10. The van der Waals surface area contributed by atoms with Gasteiger partial charge in [0.25, 0.3) is 5.91 Å². The number of hydrogen-bond acceptors (Lipinski definition) is 6. The maximum absolute atomic E-state index is 12.6. The Morgan fingerprint density at radius 1 is 1.40 bits per heavy atom. The molecule has 0 saturated heterocycles. The Labute approximate surface area is 153 Å². The van der Waals surface area contributed by atoms with Crippen molar-refractivity contribution in [1.82, 2.24) is 4.98 Å². The van der Waals surface area contributed by atoms with Gasteiger partial charge in [-0.1, -0.05) is 0 Å².